The van der Waals surface area contributed by atoms with E-state index >= 15 is 0 Å². The van der Waals surface area contributed by atoms with E-state index in [4.69, 9.17) is 4.74 Å². The Morgan fingerprint density at radius 3 is 2.32 bits per heavy atom. The molecule has 0 spiro atoms. The molecule has 0 fully saturated rings. The number of hydrogen-bond acceptors (Lipinski definition) is 4. The quantitative estimate of drug-likeness (QED) is 0.338. The second kappa shape index (κ2) is 11.7. The molecule has 0 saturated heterocycles. The number of amides is 2. The molecule has 0 unspecified atom stereocenters. The first-order valence-corrected chi connectivity index (χ1v) is 10.5. The molecular formula is C24H22BrN3O3. The SMILES string of the molecule is O=C(CCC(=O)Nc1ccc(Br)cc1)N/N=C/c1ccccc1OCc1ccccc1. The van der Waals surface area contributed by atoms with Gasteiger partial charge < -0.3 is 10.1 Å². The van der Waals surface area contributed by atoms with Crippen LogP contribution in [0.4, 0.5) is 5.69 Å². The predicted molar refractivity (Wildman–Crippen MR) is 125 cm³/mol. The molecule has 0 aliphatic carbocycles. The summed E-state index contributed by atoms with van der Waals surface area (Å²) in [7, 11) is 0. The molecule has 3 aromatic carbocycles. The fourth-order valence-corrected chi connectivity index (χ4v) is 2.93. The van der Waals surface area contributed by atoms with Gasteiger partial charge in [0.1, 0.15) is 12.4 Å². The molecule has 2 N–H and O–H groups in total. The first-order chi connectivity index (χ1) is 15.1. The number of hydrogen-bond donors (Lipinski definition) is 2. The number of benzene rings is 3. The van der Waals surface area contributed by atoms with Gasteiger partial charge in [-0.3, -0.25) is 9.59 Å². The topological polar surface area (TPSA) is 79.8 Å². The van der Waals surface area contributed by atoms with E-state index < -0.39 is 0 Å². The summed E-state index contributed by atoms with van der Waals surface area (Å²) in [6.45, 7) is 0.436. The minimum Gasteiger partial charge on any atom is -0.488 e. The lowest BCUT2D eigenvalue weighted by molar-refractivity contribution is -0.124. The molecule has 7 heteroatoms. The van der Waals surface area contributed by atoms with Crippen molar-refractivity contribution in [1.29, 1.82) is 0 Å². The third kappa shape index (κ3) is 7.71. The van der Waals surface area contributed by atoms with Crippen molar-refractivity contribution in [2.24, 2.45) is 5.10 Å². The van der Waals surface area contributed by atoms with Crippen molar-refractivity contribution in [3.8, 4) is 5.75 Å². The summed E-state index contributed by atoms with van der Waals surface area (Å²) in [5.41, 5.74) is 4.93. The van der Waals surface area contributed by atoms with Crippen LogP contribution in [0.5, 0.6) is 5.75 Å². The maximum atomic E-state index is 12.0. The van der Waals surface area contributed by atoms with Crippen molar-refractivity contribution in [1.82, 2.24) is 5.43 Å². The monoisotopic (exact) mass is 479 g/mol. The Kier molecular flexibility index (Phi) is 8.37. The van der Waals surface area contributed by atoms with Crippen LogP contribution in [0.15, 0.2) is 88.4 Å². The number of halogens is 1. The number of carbonyl (C=O) groups excluding carboxylic acids is 2. The first-order valence-electron chi connectivity index (χ1n) is 9.73. The minimum atomic E-state index is -0.343. The van der Waals surface area contributed by atoms with Crippen molar-refractivity contribution in [2.45, 2.75) is 19.4 Å². The maximum absolute atomic E-state index is 12.0. The molecule has 3 rings (SSSR count). The van der Waals surface area contributed by atoms with Crippen LogP contribution in [0.1, 0.15) is 24.0 Å². The lowest BCUT2D eigenvalue weighted by Crippen LogP contribution is -2.20. The Bertz CT molecular complexity index is 1040. The zero-order valence-electron chi connectivity index (χ0n) is 16.8. The van der Waals surface area contributed by atoms with Gasteiger partial charge in [0.05, 0.1) is 6.21 Å². The van der Waals surface area contributed by atoms with Crippen LogP contribution in [0.3, 0.4) is 0 Å². The van der Waals surface area contributed by atoms with E-state index in [0.717, 1.165) is 15.6 Å². The fraction of sp³-hybridized carbons (Fsp3) is 0.125. The van der Waals surface area contributed by atoms with Crippen LogP contribution < -0.4 is 15.5 Å². The normalized spacial score (nSPS) is 10.6. The smallest absolute Gasteiger partial charge is 0.240 e. The second-order valence-corrected chi connectivity index (χ2v) is 7.58. The fourth-order valence-electron chi connectivity index (χ4n) is 2.67. The summed E-state index contributed by atoms with van der Waals surface area (Å²) in [5.74, 6) is 0.0872. The summed E-state index contributed by atoms with van der Waals surface area (Å²) in [4.78, 5) is 24.0. The highest BCUT2D eigenvalue weighted by molar-refractivity contribution is 9.10. The van der Waals surface area contributed by atoms with Crippen molar-refractivity contribution in [3.05, 3.63) is 94.5 Å². The zero-order valence-corrected chi connectivity index (χ0v) is 18.3. The number of carbonyl (C=O) groups is 2. The molecule has 0 atom stereocenters. The molecule has 0 aromatic heterocycles. The first kappa shape index (κ1) is 22.2. The third-order valence-corrected chi connectivity index (χ3v) is 4.78. The average Bonchev–Trinajstić information content (AvgIpc) is 2.79. The summed E-state index contributed by atoms with van der Waals surface area (Å²) < 4.78 is 6.79. The number of ether oxygens (including phenoxy) is 1. The zero-order chi connectivity index (χ0) is 21.9. The van der Waals surface area contributed by atoms with Gasteiger partial charge in [-0.05, 0) is 42.0 Å². The van der Waals surface area contributed by atoms with Gasteiger partial charge in [0, 0.05) is 28.6 Å². The summed E-state index contributed by atoms with van der Waals surface area (Å²) >= 11 is 3.34. The van der Waals surface area contributed by atoms with Crippen molar-refractivity contribution in [2.75, 3.05) is 5.32 Å². The highest BCUT2D eigenvalue weighted by Crippen LogP contribution is 2.17. The van der Waals surface area contributed by atoms with E-state index in [9.17, 15) is 9.59 Å². The maximum Gasteiger partial charge on any atom is 0.240 e. The molecular weight excluding hydrogens is 458 g/mol. The van der Waals surface area contributed by atoms with Crippen LogP contribution in [-0.4, -0.2) is 18.0 Å². The van der Waals surface area contributed by atoms with E-state index in [1.165, 1.54) is 6.21 Å². The van der Waals surface area contributed by atoms with Gasteiger partial charge in [0.15, 0.2) is 0 Å². The minimum absolute atomic E-state index is 0.0336. The van der Waals surface area contributed by atoms with E-state index in [0.29, 0.717) is 18.0 Å². The van der Waals surface area contributed by atoms with Gasteiger partial charge in [-0.2, -0.15) is 5.10 Å². The Balaban J connectivity index is 1.45. The van der Waals surface area contributed by atoms with Crippen molar-refractivity contribution in [3.63, 3.8) is 0 Å². The van der Waals surface area contributed by atoms with Crippen LogP contribution in [-0.2, 0) is 16.2 Å². The molecule has 0 aliphatic heterocycles. The Labute approximate surface area is 189 Å². The van der Waals surface area contributed by atoms with E-state index in [2.05, 4.69) is 31.8 Å². The van der Waals surface area contributed by atoms with Crippen LogP contribution in [0, 0.1) is 0 Å². The van der Waals surface area contributed by atoms with Crippen LogP contribution in [0.2, 0.25) is 0 Å². The van der Waals surface area contributed by atoms with Crippen molar-refractivity contribution < 1.29 is 14.3 Å². The lowest BCUT2D eigenvalue weighted by atomic mass is 10.2. The summed E-state index contributed by atoms with van der Waals surface area (Å²) in [5, 5.41) is 6.73. The van der Waals surface area contributed by atoms with Gasteiger partial charge in [0.2, 0.25) is 11.8 Å². The Hall–Kier alpha value is -3.45. The van der Waals surface area contributed by atoms with Gasteiger partial charge in [-0.1, -0.05) is 58.4 Å². The van der Waals surface area contributed by atoms with Crippen molar-refractivity contribution >= 4 is 39.6 Å². The van der Waals surface area contributed by atoms with Crippen LogP contribution >= 0.6 is 15.9 Å². The Morgan fingerprint density at radius 2 is 1.55 bits per heavy atom. The number of nitrogens with zero attached hydrogens (tertiary/aromatic N) is 1. The van der Waals surface area contributed by atoms with E-state index in [-0.39, 0.29) is 24.7 Å². The summed E-state index contributed by atoms with van der Waals surface area (Å²) in [6, 6.07) is 24.5. The molecule has 6 nitrogen and oxygen atoms in total. The molecule has 0 saturated carbocycles. The molecule has 0 heterocycles. The summed E-state index contributed by atoms with van der Waals surface area (Å²) in [6.07, 6.45) is 1.63. The standard InChI is InChI=1S/C24H22BrN3O3/c25-20-10-12-21(13-11-20)27-23(29)14-15-24(30)28-26-16-19-8-4-5-9-22(19)31-17-18-6-2-1-3-7-18/h1-13,16H,14-15,17H2,(H,27,29)(H,28,30)/b26-16+. The molecule has 0 radical (unpaired) electrons. The number of rotatable bonds is 9. The van der Waals surface area contributed by atoms with E-state index in [1.807, 2.05) is 66.7 Å². The van der Waals surface area contributed by atoms with E-state index in [1.54, 1.807) is 12.1 Å². The largest absolute Gasteiger partial charge is 0.488 e. The molecule has 158 valence electrons. The lowest BCUT2D eigenvalue weighted by Gasteiger charge is -2.09. The average molecular weight is 480 g/mol. The Morgan fingerprint density at radius 1 is 0.871 bits per heavy atom. The number of para-hydroxylation sites is 1. The predicted octanol–water partition coefficient (Wildman–Crippen LogP) is 4.90. The molecule has 31 heavy (non-hydrogen) atoms. The highest BCUT2D eigenvalue weighted by atomic mass is 79.9. The molecule has 2 amide bonds. The van der Waals surface area contributed by atoms with Gasteiger partial charge in [0.25, 0.3) is 0 Å². The molecule has 3 aromatic rings. The second-order valence-electron chi connectivity index (χ2n) is 6.66. The highest BCUT2D eigenvalue weighted by Gasteiger charge is 2.07. The van der Waals surface area contributed by atoms with Crippen LogP contribution in [0.25, 0.3) is 0 Å². The number of hydrazone groups is 1. The number of nitrogens with one attached hydrogen (secondary N) is 2. The number of anilines is 1. The third-order valence-electron chi connectivity index (χ3n) is 4.26. The molecule has 0 aliphatic rings. The van der Waals surface area contributed by atoms with Gasteiger partial charge in [-0.25, -0.2) is 5.43 Å². The molecule has 0 bridgehead atoms. The van der Waals surface area contributed by atoms with Gasteiger partial charge in [-0.15, -0.1) is 0 Å². The van der Waals surface area contributed by atoms with Gasteiger partial charge >= 0.3 is 0 Å².